The Balaban J connectivity index is 1.96. The number of nitrogens with zero attached hydrogens (tertiary/aromatic N) is 1. The molecule has 0 unspecified atom stereocenters. The van der Waals surface area contributed by atoms with Crippen molar-refractivity contribution < 1.29 is 14.3 Å². The van der Waals surface area contributed by atoms with Crippen LogP contribution in [0, 0.1) is 0 Å². The lowest BCUT2D eigenvalue weighted by Gasteiger charge is -2.29. The van der Waals surface area contributed by atoms with Crippen molar-refractivity contribution in [3.63, 3.8) is 0 Å². The van der Waals surface area contributed by atoms with Crippen molar-refractivity contribution in [3.05, 3.63) is 24.3 Å². The molecule has 1 heterocycles. The van der Waals surface area contributed by atoms with Gasteiger partial charge in [-0.15, -0.1) is 0 Å². The molecule has 21 heavy (non-hydrogen) atoms. The van der Waals surface area contributed by atoms with Crippen LogP contribution in [-0.2, 0) is 9.59 Å². The van der Waals surface area contributed by atoms with E-state index in [1.54, 1.807) is 4.90 Å². The molecule has 1 aromatic carbocycles. The lowest BCUT2D eigenvalue weighted by atomic mass is 10.1. The minimum atomic E-state index is -0.107. The maximum atomic E-state index is 12.0. The van der Waals surface area contributed by atoms with Crippen LogP contribution in [0.25, 0.3) is 0 Å². The van der Waals surface area contributed by atoms with Gasteiger partial charge in [-0.3, -0.25) is 9.59 Å². The molecule has 0 aromatic heterocycles. The number of para-hydroxylation sites is 2. The van der Waals surface area contributed by atoms with Gasteiger partial charge in [-0.25, -0.2) is 0 Å². The minimum Gasteiger partial charge on any atom is -0.482 e. The highest BCUT2D eigenvalue weighted by atomic mass is 16.5. The van der Waals surface area contributed by atoms with Crippen LogP contribution in [0.3, 0.4) is 0 Å². The summed E-state index contributed by atoms with van der Waals surface area (Å²) in [6, 6.07) is 7.61. The van der Waals surface area contributed by atoms with Gasteiger partial charge in [0.15, 0.2) is 6.61 Å². The number of rotatable bonds is 6. The molecule has 0 atom stereocenters. The van der Waals surface area contributed by atoms with Crippen LogP contribution in [0.2, 0.25) is 0 Å². The number of amides is 2. The van der Waals surface area contributed by atoms with Crippen molar-refractivity contribution in [3.8, 4) is 5.75 Å². The van der Waals surface area contributed by atoms with Crippen LogP contribution >= 0.6 is 0 Å². The van der Waals surface area contributed by atoms with E-state index in [9.17, 15) is 9.59 Å². The second kappa shape index (κ2) is 7.11. The van der Waals surface area contributed by atoms with Crippen molar-refractivity contribution in [2.75, 3.05) is 18.1 Å². The number of hydrogen-bond donors (Lipinski definition) is 1. The normalized spacial score (nSPS) is 13.9. The fourth-order valence-corrected chi connectivity index (χ4v) is 2.41. The van der Waals surface area contributed by atoms with Crippen molar-refractivity contribution in [1.82, 2.24) is 5.32 Å². The van der Waals surface area contributed by atoms with Crippen molar-refractivity contribution in [2.24, 2.45) is 0 Å². The third-order valence-corrected chi connectivity index (χ3v) is 3.72. The summed E-state index contributed by atoms with van der Waals surface area (Å²) in [6.45, 7) is 4.52. The Hall–Kier alpha value is -2.04. The highest BCUT2D eigenvalue weighted by Gasteiger charge is 2.25. The Labute approximate surface area is 125 Å². The average Bonchev–Trinajstić information content (AvgIpc) is 2.51. The zero-order valence-electron chi connectivity index (χ0n) is 12.6. The topological polar surface area (TPSA) is 58.6 Å². The maximum Gasteiger partial charge on any atom is 0.265 e. The first kappa shape index (κ1) is 15.4. The van der Waals surface area contributed by atoms with E-state index >= 15 is 0 Å². The van der Waals surface area contributed by atoms with E-state index in [-0.39, 0.29) is 24.5 Å². The van der Waals surface area contributed by atoms with E-state index in [1.807, 2.05) is 24.3 Å². The summed E-state index contributed by atoms with van der Waals surface area (Å²) in [4.78, 5) is 25.6. The molecule has 0 bridgehead atoms. The predicted molar refractivity (Wildman–Crippen MR) is 81.4 cm³/mol. The van der Waals surface area contributed by atoms with E-state index in [0.717, 1.165) is 18.5 Å². The fraction of sp³-hybridized carbons (Fsp3) is 0.500. The molecule has 5 nitrogen and oxygen atoms in total. The highest BCUT2D eigenvalue weighted by Crippen LogP contribution is 2.31. The molecule has 0 saturated heterocycles. The van der Waals surface area contributed by atoms with E-state index in [1.165, 1.54) is 0 Å². The largest absolute Gasteiger partial charge is 0.482 e. The molecule has 1 aromatic rings. The van der Waals surface area contributed by atoms with Crippen LogP contribution in [0.15, 0.2) is 24.3 Å². The van der Waals surface area contributed by atoms with Crippen molar-refractivity contribution in [1.29, 1.82) is 0 Å². The quantitative estimate of drug-likeness (QED) is 0.873. The summed E-state index contributed by atoms with van der Waals surface area (Å²) in [7, 11) is 0. The maximum absolute atomic E-state index is 12.0. The lowest BCUT2D eigenvalue weighted by Crippen LogP contribution is -2.42. The van der Waals surface area contributed by atoms with Gasteiger partial charge in [0.25, 0.3) is 5.91 Å². The molecule has 2 amide bonds. The van der Waals surface area contributed by atoms with Gasteiger partial charge in [0.1, 0.15) is 5.75 Å². The zero-order chi connectivity index (χ0) is 15.2. The fourth-order valence-electron chi connectivity index (χ4n) is 2.41. The van der Waals surface area contributed by atoms with E-state index in [4.69, 9.17) is 4.74 Å². The SMILES string of the molecule is CCC(CC)NC(=O)CCN1C(=O)COc2ccccc21. The molecule has 1 aliphatic rings. The van der Waals surface area contributed by atoms with E-state index < -0.39 is 0 Å². The Morgan fingerprint density at radius 3 is 2.76 bits per heavy atom. The smallest absolute Gasteiger partial charge is 0.265 e. The molecule has 1 N–H and O–H groups in total. The molecule has 0 spiro atoms. The van der Waals surface area contributed by atoms with Gasteiger partial charge < -0.3 is 15.0 Å². The first-order chi connectivity index (χ1) is 10.2. The molecule has 2 rings (SSSR count). The molecule has 114 valence electrons. The zero-order valence-corrected chi connectivity index (χ0v) is 12.6. The van der Waals surface area contributed by atoms with Gasteiger partial charge in [0, 0.05) is 19.0 Å². The Morgan fingerprint density at radius 1 is 1.33 bits per heavy atom. The Bertz CT molecular complexity index is 512. The molecular formula is C16H22N2O3. The number of carbonyl (C=O) groups is 2. The van der Waals surface area contributed by atoms with Crippen molar-refractivity contribution >= 4 is 17.5 Å². The molecule has 1 aliphatic heterocycles. The third kappa shape index (κ3) is 3.74. The summed E-state index contributed by atoms with van der Waals surface area (Å²) in [5, 5.41) is 2.99. The van der Waals surface area contributed by atoms with Crippen LogP contribution in [0.4, 0.5) is 5.69 Å². The van der Waals surface area contributed by atoms with Crippen LogP contribution in [0.1, 0.15) is 33.1 Å². The van der Waals surface area contributed by atoms with Gasteiger partial charge in [-0.2, -0.15) is 0 Å². The molecule has 0 fully saturated rings. The van der Waals surface area contributed by atoms with Gasteiger partial charge in [-0.1, -0.05) is 26.0 Å². The summed E-state index contributed by atoms with van der Waals surface area (Å²) in [6.07, 6.45) is 2.14. The molecule has 5 heteroatoms. The number of nitrogens with one attached hydrogen (secondary N) is 1. The standard InChI is InChI=1S/C16H22N2O3/c1-3-12(4-2)17-15(19)9-10-18-13-7-5-6-8-14(13)21-11-16(18)20/h5-8,12H,3-4,9-11H2,1-2H3,(H,17,19). The van der Waals surface area contributed by atoms with E-state index in [2.05, 4.69) is 19.2 Å². The molecule has 0 radical (unpaired) electrons. The number of carbonyl (C=O) groups excluding carboxylic acids is 2. The van der Waals surface area contributed by atoms with Crippen LogP contribution in [0.5, 0.6) is 5.75 Å². The summed E-state index contributed by atoms with van der Waals surface area (Å²) < 4.78 is 5.38. The third-order valence-electron chi connectivity index (χ3n) is 3.72. The molecule has 0 saturated carbocycles. The number of fused-ring (bicyclic) bond motifs is 1. The van der Waals surface area contributed by atoms with Gasteiger partial charge in [0.05, 0.1) is 5.69 Å². The van der Waals surface area contributed by atoms with E-state index in [0.29, 0.717) is 18.7 Å². The molecule has 0 aliphatic carbocycles. The monoisotopic (exact) mass is 290 g/mol. The lowest BCUT2D eigenvalue weighted by molar-refractivity contribution is -0.122. The number of anilines is 1. The molecular weight excluding hydrogens is 268 g/mol. The Morgan fingerprint density at radius 2 is 2.05 bits per heavy atom. The van der Waals surface area contributed by atoms with Gasteiger partial charge in [-0.05, 0) is 25.0 Å². The van der Waals surface area contributed by atoms with Gasteiger partial charge >= 0.3 is 0 Å². The average molecular weight is 290 g/mol. The number of hydrogen-bond acceptors (Lipinski definition) is 3. The minimum absolute atomic E-state index is 0.0135. The second-order valence-electron chi connectivity index (χ2n) is 5.13. The van der Waals surface area contributed by atoms with Gasteiger partial charge in [0.2, 0.25) is 5.91 Å². The number of benzene rings is 1. The first-order valence-corrected chi connectivity index (χ1v) is 7.47. The predicted octanol–water partition coefficient (Wildman–Crippen LogP) is 2.11. The summed E-state index contributed by atoms with van der Waals surface area (Å²) >= 11 is 0. The number of ether oxygens (including phenoxy) is 1. The second-order valence-corrected chi connectivity index (χ2v) is 5.13. The summed E-state index contributed by atoms with van der Waals surface area (Å²) in [5.41, 5.74) is 0.740. The van der Waals surface area contributed by atoms with Crippen LogP contribution in [-0.4, -0.2) is 31.0 Å². The Kier molecular flexibility index (Phi) is 5.20. The van der Waals surface area contributed by atoms with Crippen molar-refractivity contribution in [2.45, 2.75) is 39.2 Å². The highest BCUT2D eigenvalue weighted by molar-refractivity contribution is 5.98. The summed E-state index contributed by atoms with van der Waals surface area (Å²) in [5.74, 6) is 0.571. The first-order valence-electron chi connectivity index (χ1n) is 7.47. The van der Waals surface area contributed by atoms with Crippen LogP contribution < -0.4 is 15.0 Å².